The number of ether oxygens (including phenoxy) is 1. The summed E-state index contributed by atoms with van der Waals surface area (Å²) in [5.74, 6) is 0.522. The molecule has 7 nitrogen and oxygen atoms in total. The van der Waals surface area contributed by atoms with Gasteiger partial charge in [0.1, 0.15) is 0 Å². The lowest BCUT2D eigenvalue weighted by atomic mass is 10.1. The molecule has 0 unspecified atom stereocenters. The number of amides is 2. The SMILES string of the molecule is CCc1nn(C)c(CC)c1CNC(=O)Nc1ccc(OC)nc1C. The van der Waals surface area contributed by atoms with E-state index in [2.05, 4.69) is 34.6 Å². The van der Waals surface area contributed by atoms with Crippen LogP contribution in [0.15, 0.2) is 12.1 Å². The average molecular weight is 331 g/mol. The van der Waals surface area contributed by atoms with Crippen molar-refractivity contribution in [2.24, 2.45) is 7.05 Å². The van der Waals surface area contributed by atoms with Gasteiger partial charge in [0.15, 0.2) is 0 Å². The maximum atomic E-state index is 12.2. The van der Waals surface area contributed by atoms with Gasteiger partial charge < -0.3 is 15.4 Å². The van der Waals surface area contributed by atoms with Crippen molar-refractivity contribution in [2.45, 2.75) is 40.2 Å². The van der Waals surface area contributed by atoms with Crippen LogP contribution in [-0.4, -0.2) is 27.9 Å². The Balaban J connectivity index is 2.04. The quantitative estimate of drug-likeness (QED) is 0.852. The van der Waals surface area contributed by atoms with E-state index in [-0.39, 0.29) is 6.03 Å². The van der Waals surface area contributed by atoms with E-state index in [9.17, 15) is 4.79 Å². The zero-order valence-corrected chi connectivity index (χ0v) is 14.9. The van der Waals surface area contributed by atoms with E-state index in [0.717, 1.165) is 29.8 Å². The van der Waals surface area contributed by atoms with E-state index in [4.69, 9.17) is 4.74 Å². The molecule has 2 N–H and O–H groups in total. The number of carbonyl (C=O) groups is 1. The van der Waals surface area contributed by atoms with Crippen LogP contribution in [0.3, 0.4) is 0 Å². The molecule has 0 aliphatic carbocycles. The molecule has 0 aromatic carbocycles. The third kappa shape index (κ3) is 3.84. The molecule has 0 aliphatic heterocycles. The number of aryl methyl sites for hydroxylation is 3. The van der Waals surface area contributed by atoms with Crippen LogP contribution in [0.25, 0.3) is 0 Å². The molecule has 0 aliphatic rings. The van der Waals surface area contributed by atoms with E-state index < -0.39 is 0 Å². The third-order valence-corrected chi connectivity index (χ3v) is 3.97. The molecular weight excluding hydrogens is 306 g/mol. The number of hydrogen-bond donors (Lipinski definition) is 2. The first-order valence-corrected chi connectivity index (χ1v) is 8.10. The van der Waals surface area contributed by atoms with Crippen LogP contribution in [-0.2, 0) is 26.4 Å². The minimum absolute atomic E-state index is 0.266. The molecule has 0 bridgehead atoms. The molecule has 2 amide bonds. The Kier molecular flexibility index (Phi) is 5.78. The molecule has 0 fully saturated rings. The Morgan fingerprint density at radius 1 is 1.29 bits per heavy atom. The number of nitrogens with one attached hydrogen (secondary N) is 2. The van der Waals surface area contributed by atoms with Crippen molar-refractivity contribution in [3.63, 3.8) is 0 Å². The van der Waals surface area contributed by atoms with Crippen LogP contribution in [0, 0.1) is 6.92 Å². The Bertz CT molecular complexity index is 724. The Morgan fingerprint density at radius 2 is 2.04 bits per heavy atom. The van der Waals surface area contributed by atoms with Gasteiger partial charge >= 0.3 is 6.03 Å². The molecule has 0 saturated carbocycles. The molecular formula is C17H25N5O2. The van der Waals surface area contributed by atoms with Gasteiger partial charge in [0.05, 0.1) is 24.2 Å². The fourth-order valence-corrected chi connectivity index (χ4v) is 2.71. The summed E-state index contributed by atoms with van der Waals surface area (Å²) in [7, 11) is 3.50. The Hall–Kier alpha value is -2.57. The second-order valence-electron chi connectivity index (χ2n) is 5.50. The largest absolute Gasteiger partial charge is 0.481 e. The lowest BCUT2D eigenvalue weighted by Crippen LogP contribution is -2.29. The standard InChI is InChI=1S/C17H25N5O2/c1-6-13-12(15(7-2)22(4)21-13)10-18-17(23)20-14-8-9-16(24-5)19-11(14)3/h8-9H,6-7,10H2,1-5H3,(H2,18,20,23). The van der Waals surface area contributed by atoms with Crippen molar-refractivity contribution in [1.82, 2.24) is 20.1 Å². The summed E-state index contributed by atoms with van der Waals surface area (Å²) in [4.78, 5) is 16.4. The lowest BCUT2D eigenvalue weighted by molar-refractivity contribution is 0.251. The minimum atomic E-state index is -0.266. The van der Waals surface area contributed by atoms with Crippen molar-refractivity contribution < 1.29 is 9.53 Å². The number of anilines is 1. The monoisotopic (exact) mass is 331 g/mol. The van der Waals surface area contributed by atoms with Gasteiger partial charge in [0.25, 0.3) is 0 Å². The van der Waals surface area contributed by atoms with Gasteiger partial charge in [-0.25, -0.2) is 9.78 Å². The predicted molar refractivity (Wildman–Crippen MR) is 93.3 cm³/mol. The summed E-state index contributed by atoms with van der Waals surface area (Å²) in [6, 6.07) is 3.23. The second-order valence-corrected chi connectivity index (χ2v) is 5.50. The Labute approximate surface area is 142 Å². The normalized spacial score (nSPS) is 10.5. The number of pyridine rings is 1. The van der Waals surface area contributed by atoms with E-state index in [1.165, 1.54) is 0 Å². The number of rotatable bonds is 6. The molecule has 2 heterocycles. The summed E-state index contributed by atoms with van der Waals surface area (Å²) in [5, 5.41) is 10.2. The van der Waals surface area contributed by atoms with E-state index in [1.807, 2.05) is 18.7 Å². The smallest absolute Gasteiger partial charge is 0.319 e. The maximum absolute atomic E-state index is 12.2. The van der Waals surface area contributed by atoms with Gasteiger partial charge in [-0.05, 0) is 25.8 Å². The van der Waals surface area contributed by atoms with Crippen LogP contribution in [0.5, 0.6) is 5.88 Å². The first kappa shape index (κ1) is 17.8. The Morgan fingerprint density at radius 3 is 2.62 bits per heavy atom. The minimum Gasteiger partial charge on any atom is -0.481 e. The van der Waals surface area contributed by atoms with Crippen LogP contribution in [0.2, 0.25) is 0 Å². The highest BCUT2D eigenvalue weighted by atomic mass is 16.5. The van der Waals surface area contributed by atoms with Crippen molar-refractivity contribution in [3.8, 4) is 5.88 Å². The summed E-state index contributed by atoms with van der Waals surface area (Å²) >= 11 is 0. The molecule has 0 atom stereocenters. The van der Waals surface area contributed by atoms with Crippen LogP contribution in [0.1, 0.15) is 36.5 Å². The van der Waals surface area contributed by atoms with E-state index in [0.29, 0.717) is 23.8 Å². The number of nitrogens with zero attached hydrogens (tertiary/aromatic N) is 3. The molecule has 7 heteroatoms. The summed E-state index contributed by atoms with van der Waals surface area (Å²) in [5.41, 5.74) is 4.63. The molecule has 2 aromatic heterocycles. The highest BCUT2D eigenvalue weighted by Gasteiger charge is 2.14. The molecule has 2 rings (SSSR count). The molecule has 130 valence electrons. The van der Waals surface area contributed by atoms with Gasteiger partial charge in [-0.2, -0.15) is 5.10 Å². The fraction of sp³-hybridized carbons (Fsp3) is 0.471. The number of urea groups is 1. The highest BCUT2D eigenvalue weighted by molar-refractivity contribution is 5.89. The van der Waals surface area contributed by atoms with Gasteiger partial charge in [0.2, 0.25) is 5.88 Å². The third-order valence-electron chi connectivity index (χ3n) is 3.97. The average Bonchev–Trinajstić information content (AvgIpc) is 2.89. The summed E-state index contributed by atoms with van der Waals surface area (Å²) in [6.07, 6.45) is 1.72. The fourth-order valence-electron chi connectivity index (χ4n) is 2.71. The summed E-state index contributed by atoms with van der Waals surface area (Å²) < 4.78 is 6.96. The van der Waals surface area contributed by atoms with Gasteiger partial charge in [0, 0.05) is 30.9 Å². The van der Waals surface area contributed by atoms with Crippen molar-refractivity contribution >= 4 is 11.7 Å². The van der Waals surface area contributed by atoms with Gasteiger partial charge in [-0.15, -0.1) is 0 Å². The van der Waals surface area contributed by atoms with Crippen molar-refractivity contribution in [1.29, 1.82) is 0 Å². The first-order valence-electron chi connectivity index (χ1n) is 8.10. The molecule has 24 heavy (non-hydrogen) atoms. The van der Waals surface area contributed by atoms with Crippen molar-refractivity contribution in [2.75, 3.05) is 12.4 Å². The predicted octanol–water partition coefficient (Wildman–Crippen LogP) is 2.58. The lowest BCUT2D eigenvalue weighted by Gasteiger charge is -2.11. The second kappa shape index (κ2) is 7.81. The van der Waals surface area contributed by atoms with Crippen LogP contribution in [0.4, 0.5) is 10.5 Å². The molecule has 2 aromatic rings. The highest BCUT2D eigenvalue weighted by Crippen LogP contribution is 2.17. The van der Waals surface area contributed by atoms with E-state index >= 15 is 0 Å². The first-order chi connectivity index (χ1) is 11.5. The zero-order chi connectivity index (χ0) is 17.7. The maximum Gasteiger partial charge on any atom is 0.319 e. The summed E-state index contributed by atoms with van der Waals surface area (Å²) in [6.45, 7) is 6.43. The molecule has 0 radical (unpaired) electrons. The number of aromatic nitrogens is 3. The van der Waals surface area contributed by atoms with Gasteiger partial charge in [-0.1, -0.05) is 13.8 Å². The number of carbonyl (C=O) groups excluding carboxylic acids is 1. The number of hydrogen-bond acceptors (Lipinski definition) is 4. The van der Waals surface area contributed by atoms with Crippen molar-refractivity contribution in [3.05, 3.63) is 34.8 Å². The number of methoxy groups -OCH3 is 1. The topological polar surface area (TPSA) is 81.1 Å². The van der Waals surface area contributed by atoms with Crippen LogP contribution >= 0.6 is 0 Å². The zero-order valence-electron chi connectivity index (χ0n) is 14.9. The van der Waals surface area contributed by atoms with E-state index in [1.54, 1.807) is 19.2 Å². The van der Waals surface area contributed by atoms with Gasteiger partial charge in [-0.3, -0.25) is 4.68 Å². The molecule has 0 spiro atoms. The van der Waals surface area contributed by atoms with Crippen LogP contribution < -0.4 is 15.4 Å². The molecule has 0 saturated heterocycles.